The van der Waals surface area contributed by atoms with Gasteiger partial charge in [0.25, 0.3) is 10.0 Å². The number of nitrogens with zero attached hydrogens (tertiary/aromatic N) is 2. The summed E-state index contributed by atoms with van der Waals surface area (Å²) in [5.74, 6) is -4.98. The molecular formula is C25H37N3O8S. The molecule has 5 N–H and O–H groups in total. The lowest BCUT2D eigenvalue weighted by atomic mass is 9.35. The van der Waals surface area contributed by atoms with Crippen LogP contribution >= 0.6 is 0 Å². The first-order valence-electron chi connectivity index (χ1n) is 13.2. The highest BCUT2D eigenvalue weighted by molar-refractivity contribution is 7.89. The Morgan fingerprint density at radius 2 is 1.92 bits per heavy atom. The zero-order valence-corrected chi connectivity index (χ0v) is 22.2. The van der Waals surface area contributed by atoms with Crippen LogP contribution in [0.1, 0.15) is 46.0 Å². The van der Waals surface area contributed by atoms with E-state index in [1.54, 1.807) is 7.05 Å². The molecule has 12 heteroatoms. The Hall–Kier alpha value is -1.41. The van der Waals surface area contributed by atoms with E-state index in [0.29, 0.717) is 25.7 Å². The first-order valence-corrected chi connectivity index (χ1v) is 14.7. The van der Waals surface area contributed by atoms with Crippen molar-refractivity contribution in [1.82, 2.24) is 14.5 Å². The quantitative estimate of drug-likeness (QED) is 0.332. The second-order valence-electron chi connectivity index (χ2n) is 12.7. The fourth-order valence-electron chi connectivity index (χ4n) is 9.40. The van der Waals surface area contributed by atoms with Gasteiger partial charge in [0.15, 0.2) is 10.8 Å². The minimum atomic E-state index is -3.88. The highest BCUT2D eigenvalue weighted by atomic mass is 32.2. The van der Waals surface area contributed by atoms with Crippen LogP contribution in [0.4, 0.5) is 0 Å². The number of hydrogen-bond donors (Lipinski definition) is 5. The highest BCUT2D eigenvalue weighted by Crippen LogP contribution is 2.76. The Morgan fingerprint density at radius 1 is 1.19 bits per heavy atom. The van der Waals surface area contributed by atoms with Crippen LogP contribution in [-0.4, -0.2) is 81.7 Å². The molecule has 0 unspecified atom stereocenters. The van der Waals surface area contributed by atoms with Gasteiger partial charge in [0, 0.05) is 37.0 Å². The number of carbonyl (C=O) groups is 1. The third-order valence-electron chi connectivity index (χ3n) is 10.8. The maximum absolute atomic E-state index is 14.3. The second-order valence-corrected chi connectivity index (χ2v) is 14.4. The topological polar surface area (TPSA) is 171 Å². The summed E-state index contributed by atoms with van der Waals surface area (Å²) in [6, 6.07) is 1.38. The van der Waals surface area contributed by atoms with Crippen molar-refractivity contribution in [2.75, 3.05) is 13.2 Å². The van der Waals surface area contributed by atoms with Crippen molar-refractivity contribution in [2.45, 2.75) is 75.1 Å². The Kier molecular flexibility index (Phi) is 5.47. The first-order chi connectivity index (χ1) is 17.2. The molecule has 4 bridgehead atoms. The van der Waals surface area contributed by atoms with E-state index < -0.39 is 79.8 Å². The van der Waals surface area contributed by atoms with Crippen LogP contribution in [0.3, 0.4) is 0 Å². The van der Waals surface area contributed by atoms with Crippen molar-refractivity contribution in [3.05, 3.63) is 12.3 Å². The molecule has 7 rings (SSSR count). The molecule has 2 aliphatic heterocycles. The number of rotatable bonds is 5. The third kappa shape index (κ3) is 2.95. The van der Waals surface area contributed by atoms with E-state index in [-0.39, 0.29) is 24.6 Å². The van der Waals surface area contributed by atoms with Crippen molar-refractivity contribution < 1.29 is 38.4 Å². The fourth-order valence-corrected chi connectivity index (χ4v) is 10.4. The van der Waals surface area contributed by atoms with Gasteiger partial charge in [0.1, 0.15) is 11.5 Å². The van der Waals surface area contributed by atoms with Crippen molar-refractivity contribution >= 4 is 15.8 Å². The van der Waals surface area contributed by atoms with Crippen LogP contribution in [0, 0.1) is 39.9 Å². The molecule has 2 saturated heterocycles. The monoisotopic (exact) mass is 539 g/mol. The number of aromatic nitrogens is 2. The minimum absolute atomic E-state index is 0.0153. The van der Waals surface area contributed by atoms with Gasteiger partial charge in [0.05, 0.1) is 18.8 Å². The predicted octanol–water partition coefficient (Wildman–Crippen LogP) is -0.462. The average Bonchev–Trinajstić information content (AvgIpc) is 3.31. The van der Waals surface area contributed by atoms with Crippen molar-refractivity contribution in [2.24, 2.45) is 47.0 Å². The van der Waals surface area contributed by atoms with Gasteiger partial charge in [-0.25, -0.2) is 13.1 Å². The molecule has 1 aromatic heterocycles. The lowest BCUT2D eigenvalue weighted by molar-refractivity contribution is -0.458. The maximum atomic E-state index is 14.3. The van der Waals surface area contributed by atoms with Crippen molar-refractivity contribution in [3.63, 3.8) is 0 Å². The lowest BCUT2D eigenvalue weighted by Gasteiger charge is -2.74. The Bertz CT molecular complexity index is 1230. The summed E-state index contributed by atoms with van der Waals surface area (Å²) in [4.78, 5) is 14.3. The van der Waals surface area contributed by atoms with E-state index in [1.807, 2.05) is 13.8 Å². The molecule has 37 heavy (non-hydrogen) atoms. The molecule has 11 nitrogen and oxygen atoms in total. The molecule has 0 aromatic carbocycles. The number of aliphatic hydroxyl groups is 4. The number of carbonyl (C=O) groups excluding carboxylic acids is 1. The van der Waals surface area contributed by atoms with E-state index in [2.05, 4.69) is 9.82 Å². The van der Waals surface area contributed by atoms with Crippen LogP contribution in [0.25, 0.3) is 0 Å². The number of Topliss-reactive ketones (excluding diaryl/α,β-unsaturated/α-hetero) is 1. The van der Waals surface area contributed by atoms with E-state index in [0.717, 1.165) is 0 Å². The van der Waals surface area contributed by atoms with Gasteiger partial charge in [0.2, 0.25) is 5.79 Å². The molecule has 4 aliphatic carbocycles. The van der Waals surface area contributed by atoms with E-state index >= 15 is 0 Å². The number of ketones is 1. The SMILES string of the molecule is Cn1ccc(S(=O)(=O)NCC[C@@H]2C(=O)[C@]34[C@H](O)[C@H]2CC[C@H]3[C@@]23CO[C@]4(O)[C@@H](O)[C@@H]2C(C)(C)CC[C@@H]3O)n1. The molecular weight excluding hydrogens is 502 g/mol. The number of nitrogens with one attached hydrogen (secondary N) is 1. The van der Waals surface area contributed by atoms with Gasteiger partial charge >= 0.3 is 0 Å². The fraction of sp³-hybridized carbons (Fsp3) is 0.840. The van der Waals surface area contributed by atoms with Gasteiger partial charge in [-0.1, -0.05) is 13.8 Å². The molecule has 6 fully saturated rings. The number of hydrogen-bond acceptors (Lipinski definition) is 9. The van der Waals surface area contributed by atoms with Gasteiger partial charge < -0.3 is 25.2 Å². The van der Waals surface area contributed by atoms with Crippen LogP contribution in [-0.2, 0) is 26.6 Å². The summed E-state index contributed by atoms with van der Waals surface area (Å²) in [7, 11) is -2.27. The van der Waals surface area contributed by atoms with Crippen LogP contribution in [0.2, 0.25) is 0 Å². The molecule has 0 radical (unpaired) electrons. The Morgan fingerprint density at radius 3 is 2.59 bits per heavy atom. The number of ether oxygens (including phenoxy) is 1. The largest absolute Gasteiger partial charge is 0.392 e. The average molecular weight is 540 g/mol. The molecule has 6 aliphatic rings. The molecule has 2 spiro atoms. The van der Waals surface area contributed by atoms with E-state index in [4.69, 9.17) is 4.74 Å². The summed E-state index contributed by atoms with van der Waals surface area (Å²) < 4.78 is 35.1. The van der Waals surface area contributed by atoms with Crippen LogP contribution < -0.4 is 4.72 Å². The smallest absolute Gasteiger partial charge is 0.259 e. The number of fused-ring (bicyclic) bond motifs is 2. The van der Waals surface area contributed by atoms with E-state index in [1.165, 1.54) is 16.9 Å². The molecule has 1 aromatic rings. The zero-order chi connectivity index (χ0) is 26.8. The van der Waals surface area contributed by atoms with Gasteiger partial charge in [-0.15, -0.1) is 0 Å². The van der Waals surface area contributed by atoms with Gasteiger partial charge in [-0.05, 0) is 55.4 Å². The second kappa shape index (κ2) is 7.83. The molecule has 4 saturated carbocycles. The lowest BCUT2D eigenvalue weighted by Crippen LogP contribution is -2.85. The summed E-state index contributed by atoms with van der Waals surface area (Å²) in [6.45, 7) is 3.99. The Balaban J connectivity index is 1.34. The summed E-state index contributed by atoms with van der Waals surface area (Å²) in [5, 5.41) is 50.5. The zero-order valence-electron chi connectivity index (χ0n) is 21.4. The molecule has 0 amide bonds. The van der Waals surface area contributed by atoms with Crippen molar-refractivity contribution in [3.8, 4) is 0 Å². The maximum Gasteiger partial charge on any atom is 0.259 e. The van der Waals surface area contributed by atoms with E-state index in [9.17, 15) is 33.6 Å². The number of aryl methyl sites for hydroxylation is 1. The molecule has 10 atom stereocenters. The summed E-state index contributed by atoms with van der Waals surface area (Å²) >= 11 is 0. The van der Waals surface area contributed by atoms with Crippen LogP contribution in [0.15, 0.2) is 17.3 Å². The van der Waals surface area contributed by atoms with Gasteiger partial charge in [-0.2, -0.15) is 5.10 Å². The van der Waals surface area contributed by atoms with Crippen molar-refractivity contribution in [1.29, 1.82) is 0 Å². The highest BCUT2D eigenvalue weighted by Gasteiger charge is 2.87. The normalized spacial score (nSPS) is 48.1. The summed E-state index contributed by atoms with van der Waals surface area (Å²) in [5.41, 5.74) is -3.16. The third-order valence-corrected chi connectivity index (χ3v) is 12.1. The molecule has 3 heterocycles. The minimum Gasteiger partial charge on any atom is -0.392 e. The first kappa shape index (κ1) is 25.8. The van der Waals surface area contributed by atoms with Gasteiger partial charge in [-0.3, -0.25) is 9.48 Å². The number of aliphatic hydroxyl groups excluding tert-OH is 3. The Labute approximate surface area is 216 Å². The number of sulfonamides is 1. The molecule has 206 valence electrons. The van der Waals surface area contributed by atoms with Crippen LogP contribution in [0.5, 0.6) is 0 Å². The summed E-state index contributed by atoms with van der Waals surface area (Å²) in [6.07, 6.45) is 0.225. The predicted molar refractivity (Wildman–Crippen MR) is 128 cm³/mol. The standard InChI is InChI=1S/C25H37N3O8S/c1-22(2)9-6-16(29)23-12-36-25(33,21(32)18(22)23)24-15(23)5-4-13(19(24)30)14(20(24)31)7-10-26-37(34,35)17-8-11-28(3)27-17/h8,11,13-16,18-19,21,26,29-30,32-33H,4-7,9-10,12H2,1-3H3/t13-,14-,15-,16-,18+,19+,21-,23+,24+,25+/m0/s1.